The van der Waals surface area contributed by atoms with Gasteiger partial charge in [0.05, 0.1) is 22.2 Å². The zero-order valence-electron chi connectivity index (χ0n) is 31.3. The van der Waals surface area contributed by atoms with E-state index in [4.69, 9.17) is 14.4 Å². The van der Waals surface area contributed by atoms with E-state index >= 15 is 0 Å². The van der Waals surface area contributed by atoms with Crippen molar-refractivity contribution in [2.24, 2.45) is 0 Å². The zero-order chi connectivity index (χ0) is 38.2. The lowest BCUT2D eigenvalue weighted by Gasteiger charge is -2.14. The molecule has 0 saturated carbocycles. The second-order valence-corrected chi connectivity index (χ2v) is 15.0. The molecule has 12 rings (SSSR count). The van der Waals surface area contributed by atoms with Crippen LogP contribution in [0.3, 0.4) is 0 Å². The molecule has 3 heterocycles. The minimum Gasteiger partial charge on any atom is -0.456 e. The molecule has 4 nitrogen and oxygen atoms in total. The van der Waals surface area contributed by atoms with Crippen LogP contribution < -0.4 is 0 Å². The van der Waals surface area contributed by atoms with Gasteiger partial charge in [-0.2, -0.15) is 0 Å². The van der Waals surface area contributed by atoms with Crippen molar-refractivity contribution in [2.75, 3.05) is 0 Å². The fourth-order valence-electron chi connectivity index (χ4n) is 8.82. The molecule has 12 aromatic rings. The van der Waals surface area contributed by atoms with Crippen molar-refractivity contribution in [3.05, 3.63) is 200 Å². The standard InChI is InChI=1S/C54H33N3O/c1-2-13-34(14-3-1)52-45-22-6-8-25-48(45)55-54(56-52)57-49-33-39-16-5-4-15-38(39)31-46(49)44-24-12-23-42(53(44)57)41-20-11-19-37(30-41)35-17-10-18-36(29-35)40-27-28-51-47(32-40)43-21-7-9-26-50(43)58-51/h1-33H. The lowest BCUT2D eigenvalue weighted by molar-refractivity contribution is 0.669. The first kappa shape index (κ1) is 32.4. The molecule has 58 heavy (non-hydrogen) atoms. The average Bonchev–Trinajstić information content (AvgIpc) is 3.83. The quantitative estimate of drug-likeness (QED) is 0.177. The van der Waals surface area contributed by atoms with Gasteiger partial charge in [0.1, 0.15) is 11.2 Å². The van der Waals surface area contributed by atoms with E-state index in [9.17, 15) is 0 Å². The molecule has 4 heteroatoms. The summed E-state index contributed by atoms with van der Waals surface area (Å²) in [6, 6.07) is 71.1. The Morgan fingerprint density at radius 3 is 1.79 bits per heavy atom. The van der Waals surface area contributed by atoms with Crippen LogP contribution in [0.2, 0.25) is 0 Å². The number of furan rings is 1. The number of hydrogen-bond acceptors (Lipinski definition) is 3. The molecule has 0 aliphatic heterocycles. The first-order valence-electron chi connectivity index (χ1n) is 19.6. The van der Waals surface area contributed by atoms with E-state index in [1.54, 1.807) is 0 Å². The van der Waals surface area contributed by atoms with Crippen LogP contribution in [0.5, 0.6) is 0 Å². The monoisotopic (exact) mass is 739 g/mol. The van der Waals surface area contributed by atoms with Gasteiger partial charge in [0, 0.05) is 38.1 Å². The molecule has 0 aliphatic carbocycles. The van der Waals surface area contributed by atoms with Crippen LogP contribution >= 0.6 is 0 Å². The number of nitrogens with zero attached hydrogens (tertiary/aromatic N) is 3. The third-order valence-electron chi connectivity index (χ3n) is 11.6. The molecule has 0 atom stereocenters. The van der Waals surface area contributed by atoms with Gasteiger partial charge < -0.3 is 4.42 Å². The van der Waals surface area contributed by atoms with Gasteiger partial charge in [0.25, 0.3) is 0 Å². The van der Waals surface area contributed by atoms with Crippen LogP contribution in [0.25, 0.3) is 116 Å². The van der Waals surface area contributed by atoms with Gasteiger partial charge in [-0.3, -0.25) is 4.57 Å². The number of rotatable bonds is 5. The lowest BCUT2D eigenvalue weighted by atomic mass is 9.95. The highest BCUT2D eigenvalue weighted by atomic mass is 16.3. The topological polar surface area (TPSA) is 43.9 Å². The van der Waals surface area contributed by atoms with Crippen molar-refractivity contribution in [1.29, 1.82) is 0 Å². The second kappa shape index (κ2) is 12.9. The van der Waals surface area contributed by atoms with Gasteiger partial charge in [0.2, 0.25) is 5.95 Å². The highest BCUT2D eigenvalue weighted by Gasteiger charge is 2.21. The van der Waals surface area contributed by atoms with E-state index in [0.29, 0.717) is 5.95 Å². The van der Waals surface area contributed by atoms with E-state index < -0.39 is 0 Å². The van der Waals surface area contributed by atoms with Crippen LogP contribution in [0.15, 0.2) is 205 Å². The normalized spacial score (nSPS) is 11.8. The maximum atomic E-state index is 6.13. The third-order valence-corrected chi connectivity index (χ3v) is 11.6. The minimum absolute atomic E-state index is 0.645. The Hall–Kier alpha value is -7.82. The van der Waals surface area contributed by atoms with Crippen molar-refractivity contribution < 1.29 is 4.42 Å². The maximum Gasteiger partial charge on any atom is 0.235 e. The second-order valence-electron chi connectivity index (χ2n) is 15.0. The summed E-state index contributed by atoms with van der Waals surface area (Å²) < 4.78 is 8.42. The number of benzene rings is 9. The fourth-order valence-corrected chi connectivity index (χ4v) is 8.82. The molecule has 0 fully saturated rings. The molecule has 0 amide bonds. The summed E-state index contributed by atoms with van der Waals surface area (Å²) in [5, 5.41) is 7.98. The van der Waals surface area contributed by atoms with Crippen molar-refractivity contribution >= 4 is 65.4 Å². The van der Waals surface area contributed by atoms with Gasteiger partial charge >= 0.3 is 0 Å². The average molecular weight is 740 g/mol. The summed E-state index contributed by atoms with van der Waals surface area (Å²) in [5.41, 5.74) is 13.7. The highest BCUT2D eigenvalue weighted by molar-refractivity contribution is 6.17. The number of fused-ring (bicyclic) bond motifs is 8. The van der Waals surface area contributed by atoms with Crippen LogP contribution in [0.1, 0.15) is 0 Å². The molecule has 0 spiro atoms. The zero-order valence-corrected chi connectivity index (χ0v) is 31.3. The molecule has 3 aromatic heterocycles. The van der Waals surface area contributed by atoms with Crippen molar-refractivity contribution in [3.63, 3.8) is 0 Å². The van der Waals surface area contributed by atoms with E-state index in [2.05, 4.69) is 187 Å². The summed E-state index contributed by atoms with van der Waals surface area (Å²) in [4.78, 5) is 10.7. The Bertz CT molecular complexity index is 3580. The molecular weight excluding hydrogens is 707 g/mol. The molecule has 0 N–H and O–H groups in total. The third kappa shape index (κ3) is 5.16. The number of para-hydroxylation sites is 3. The van der Waals surface area contributed by atoms with Crippen LogP contribution in [-0.4, -0.2) is 14.5 Å². The summed E-state index contributed by atoms with van der Waals surface area (Å²) in [7, 11) is 0. The Morgan fingerprint density at radius 1 is 0.362 bits per heavy atom. The van der Waals surface area contributed by atoms with Gasteiger partial charge in [-0.1, -0.05) is 152 Å². The Morgan fingerprint density at radius 2 is 0.966 bits per heavy atom. The van der Waals surface area contributed by atoms with Crippen molar-refractivity contribution in [1.82, 2.24) is 14.5 Å². The maximum absolute atomic E-state index is 6.13. The van der Waals surface area contributed by atoms with Gasteiger partial charge in [0.15, 0.2) is 0 Å². The van der Waals surface area contributed by atoms with Crippen LogP contribution in [0, 0.1) is 0 Å². The SMILES string of the molecule is c1ccc(-c2nc(-n3c4cc5ccccc5cc4c4cccc(-c5cccc(-c6cccc(-c7ccc8oc9ccccc9c8c7)c6)c5)c43)nc3ccccc23)cc1. The van der Waals surface area contributed by atoms with Gasteiger partial charge in [-0.15, -0.1) is 0 Å². The fraction of sp³-hybridized carbons (Fsp3) is 0. The van der Waals surface area contributed by atoms with Gasteiger partial charge in [-0.05, 0) is 87.1 Å². The Kier molecular flexibility index (Phi) is 7.20. The molecule has 0 unspecified atom stereocenters. The first-order valence-corrected chi connectivity index (χ1v) is 19.6. The Balaban J connectivity index is 1.06. The summed E-state index contributed by atoms with van der Waals surface area (Å²) >= 11 is 0. The molecule has 9 aromatic carbocycles. The smallest absolute Gasteiger partial charge is 0.235 e. The first-order chi connectivity index (χ1) is 28.7. The van der Waals surface area contributed by atoms with Crippen LogP contribution in [0.4, 0.5) is 0 Å². The minimum atomic E-state index is 0.645. The van der Waals surface area contributed by atoms with Crippen molar-refractivity contribution in [3.8, 4) is 50.6 Å². The van der Waals surface area contributed by atoms with E-state index in [-0.39, 0.29) is 0 Å². The Labute approximate surface area is 333 Å². The molecule has 0 saturated heterocycles. The van der Waals surface area contributed by atoms with Crippen LogP contribution in [-0.2, 0) is 0 Å². The van der Waals surface area contributed by atoms with Crippen molar-refractivity contribution in [2.45, 2.75) is 0 Å². The highest BCUT2D eigenvalue weighted by Crippen LogP contribution is 2.41. The molecular formula is C54H33N3O. The number of aromatic nitrogens is 3. The largest absolute Gasteiger partial charge is 0.456 e. The lowest BCUT2D eigenvalue weighted by Crippen LogP contribution is -2.04. The van der Waals surface area contributed by atoms with E-state index in [1.165, 1.54) is 16.2 Å². The summed E-state index contributed by atoms with van der Waals surface area (Å²) in [6.07, 6.45) is 0. The van der Waals surface area contributed by atoms with E-state index in [0.717, 1.165) is 93.9 Å². The molecule has 270 valence electrons. The van der Waals surface area contributed by atoms with E-state index in [1.807, 2.05) is 18.2 Å². The van der Waals surface area contributed by atoms with Gasteiger partial charge in [-0.25, -0.2) is 9.97 Å². The number of hydrogen-bond donors (Lipinski definition) is 0. The molecule has 0 bridgehead atoms. The summed E-state index contributed by atoms with van der Waals surface area (Å²) in [5.74, 6) is 0.645. The molecule has 0 aliphatic rings. The summed E-state index contributed by atoms with van der Waals surface area (Å²) in [6.45, 7) is 0. The predicted octanol–water partition coefficient (Wildman–Crippen LogP) is 14.4. The molecule has 0 radical (unpaired) electrons. The predicted molar refractivity (Wildman–Crippen MR) is 240 cm³/mol.